The van der Waals surface area contributed by atoms with Crippen molar-refractivity contribution in [1.29, 1.82) is 0 Å². The zero-order chi connectivity index (χ0) is 11.7. The van der Waals surface area contributed by atoms with Crippen molar-refractivity contribution >= 4 is 11.0 Å². The van der Waals surface area contributed by atoms with Gasteiger partial charge in [0, 0.05) is 6.54 Å². The van der Waals surface area contributed by atoms with Gasteiger partial charge >= 0.3 is 0 Å². The standard InChI is InChI=1S/C12H11N5/c13-5-9-6-15-12(7-14-9)17-8-16-10-3-1-2-4-11(10)17/h1-4,6-8H,5,13H2. The number of hydrogen-bond acceptors (Lipinski definition) is 4. The molecule has 0 bridgehead atoms. The minimum Gasteiger partial charge on any atom is -0.325 e. The molecular weight excluding hydrogens is 214 g/mol. The number of para-hydroxylation sites is 2. The number of benzene rings is 1. The first kappa shape index (κ1) is 9.92. The molecule has 5 nitrogen and oxygen atoms in total. The van der Waals surface area contributed by atoms with Crippen molar-refractivity contribution in [2.45, 2.75) is 6.54 Å². The van der Waals surface area contributed by atoms with Crippen molar-refractivity contribution in [1.82, 2.24) is 19.5 Å². The highest BCUT2D eigenvalue weighted by Gasteiger charge is 2.04. The van der Waals surface area contributed by atoms with E-state index < -0.39 is 0 Å². The van der Waals surface area contributed by atoms with Crippen LogP contribution < -0.4 is 5.73 Å². The fourth-order valence-electron chi connectivity index (χ4n) is 1.72. The summed E-state index contributed by atoms with van der Waals surface area (Å²) < 4.78 is 1.91. The fraction of sp³-hybridized carbons (Fsp3) is 0.0833. The Kier molecular flexibility index (Phi) is 2.31. The van der Waals surface area contributed by atoms with Gasteiger partial charge in [0.2, 0.25) is 0 Å². The van der Waals surface area contributed by atoms with Crippen molar-refractivity contribution in [2.75, 3.05) is 0 Å². The van der Waals surface area contributed by atoms with Crippen molar-refractivity contribution in [2.24, 2.45) is 5.73 Å². The third-order valence-corrected chi connectivity index (χ3v) is 2.60. The second-order valence-corrected chi connectivity index (χ2v) is 3.67. The predicted octanol–water partition coefficient (Wildman–Crippen LogP) is 1.27. The van der Waals surface area contributed by atoms with E-state index in [1.807, 2.05) is 28.8 Å². The van der Waals surface area contributed by atoms with Crippen LogP contribution in [0.3, 0.4) is 0 Å². The van der Waals surface area contributed by atoms with E-state index in [1.165, 1.54) is 0 Å². The molecule has 0 atom stereocenters. The number of nitrogens with two attached hydrogens (primary N) is 1. The summed E-state index contributed by atoms with van der Waals surface area (Å²) in [6, 6.07) is 7.90. The lowest BCUT2D eigenvalue weighted by molar-refractivity contribution is 0.924. The molecule has 0 aliphatic rings. The lowest BCUT2D eigenvalue weighted by Gasteiger charge is -2.03. The van der Waals surface area contributed by atoms with Crippen LogP contribution in [0.15, 0.2) is 43.0 Å². The summed E-state index contributed by atoms with van der Waals surface area (Å²) in [4.78, 5) is 12.9. The summed E-state index contributed by atoms with van der Waals surface area (Å²) in [6.45, 7) is 0.401. The number of rotatable bonds is 2. The molecule has 0 unspecified atom stereocenters. The Bertz CT molecular complexity index is 641. The molecule has 0 spiro atoms. The normalized spacial score (nSPS) is 10.9. The van der Waals surface area contributed by atoms with Gasteiger partial charge < -0.3 is 5.73 Å². The Morgan fingerprint density at radius 2 is 1.94 bits per heavy atom. The van der Waals surface area contributed by atoms with Crippen LogP contribution >= 0.6 is 0 Å². The first-order valence-electron chi connectivity index (χ1n) is 5.32. The molecule has 0 saturated heterocycles. The molecule has 3 rings (SSSR count). The average molecular weight is 225 g/mol. The van der Waals surface area contributed by atoms with Crippen LogP contribution in [0.25, 0.3) is 16.9 Å². The van der Waals surface area contributed by atoms with Gasteiger partial charge in [0.1, 0.15) is 6.33 Å². The van der Waals surface area contributed by atoms with Crippen LogP contribution in [0.4, 0.5) is 0 Å². The Morgan fingerprint density at radius 3 is 2.71 bits per heavy atom. The number of nitrogens with zero attached hydrogens (tertiary/aromatic N) is 4. The number of hydrogen-bond donors (Lipinski definition) is 1. The second-order valence-electron chi connectivity index (χ2n) is 3.67. The van der Waals surface area contributed by atoms with E-state index in [4.69, 9.17) is 5.73 Å². The largest absolute Gasteiger partial charge is 0.325 e. The topological polar surface area (TPSA) is 69.6 Å². The average Bonchev–Trinajstić information content (AvgIpc) is 2.83. The van der Waals surface area contributed by atoms with Gasteiger partial charge in [-0.1, -0.05) is 12.1 Å². The van der Waals surface area contributed by atoms with Crippen LogP contribution in [0.1, 0.15) is 5.69 Å². The molecule has 0 aliphatic carbocycles. The SMILES string of the molecule is NCc1cnc(-n2cnc3ccccc32)cn1. The zero-order valence-corrected chi connectivity index (χ0v) is 9.11. The lowest BCUT2D eigenvalue weighted by atomic mass is 10.3. The molecule has 84 valence electrons. The summed E-state index contributed by atoms with van der Waals surface area (Å²) in [5.74, 6) is 0.746. The molecule has 3 aromatic rings. The fourth-order valence-corrected chi connectivity index (χ4v) is 1.72. The molecular formula is C12H11N5. The lowest BCUT2D eigenvalue weighted by Crippen LogP contribution is -2.03. The Balaban J connectivity index is 2.13. The van der Waals surface area contributed by atoms with Gasteiger partial charge in [-0.2, -0.15) is 0 Å². The molecule has 1 aromatic carbocycles. The van der Waals surface area contributed by atoms with Crippen LogP contribution in [-0.2, 0) is 6.54 Å². The van der Waals surface area contributed by atoms with E-state index in [1.54, 1.807) is 18.7 Å². The molecule has 5 heteroatoms. The maximum Gasteiger partial charge on any atom is 0.156 e. The summed E-state index contributed by atoms with van der Waals surface area (Å²) in [5.41, 5.74) is 8.22. The molecule has 2 N–H and O–H groups in total. The number of aromatic nitrogens is 4. The zero-order valence-electron chi connectivity index (χ0n) is 9.11. The Labute approximate surface area is 98.0 Å². The smallest absolute Gasteiger partial charge is 0.156 e. The highest BCUT2D eigenvalue weighted by Crippen LogP contribution is 2.15. The van der Waals surface area contributed by atoms with Gasteiger partial charge in [-0.15, -0.1) is 0 Å². The van der Waals surface area contributed by atoms with E-state index in [9.17, 15) is 0 Å². The monoisotopic (exact) mass is 225 g/mol. The molecule has 17 heavy (non-hydrogen) atoms. The molecule has 0 aliphatic heterocycles. The molecule has 0 radical (unpaired) electrons. The summed E-state index contributed by atoms with van der Waals surface area (Å²) >= 11 is 0. The Hall–Kier alpha value is -2.27. The number of fused-ring (bicyclic) bond motifs is 1. The highest BCUT2D eigenvalue weighted by molar-refractivity contribution is 5.76. The van der Waals surface area contributed by atoms with Gasteiger partial charge in [0.25, 0.3) is 0 Å². The van der Waals surface area contributed by atoms with Gasteiger partial charge in [-0.05, 0) is 12.1 Å². The maximum absolute atomic E-state index is 5.49. The number of imidazole rings is 1. The minimum atomic E-state index is 0.401. The van der Waals surface area contributed by atoms with Gasteiger partial charge in [-0.25, -0.2) is 9.97 Å². The van der Waals surface area contributed by atoms with Crippen molar-refractivity contribution < 1.29 is 0 Å². The van der Waals surface area contributed by atoms with E-state index >= 15 is 0 Å². The quantitative estimate of drug-likeness (QED) is 0.713. The van der Waals surface area contributed by atoms with E-state index in [-0.39, 0.29) is 0 Å². The van der Waals surface area contributed by atoms with Gasteiger partial charge in [-0.3, -0.25) is 9.55 Å². The van der Waals surface area contributed by atoms with Gasteiger partial charge in [0.15, 0.2) is 5.82 Å². The molecule has 0 saturated carbocycles. The predicted molar refractivity (Wildman–Crippen MR) is 64.6 cm³/mol. The Morgan fingerprint density at radius 1 is 1.06 bits per heavy atom. The van der Waals surface area contributed by atoms with E-state index in [0.29, 0.717) is 6.54 Å². The van der Waals surface area contributed by atoms with E-state index in [2.05, 4.69) is 15.0 Å². The molecule has 2 heterocycles. The minimum absolute atomic E-state index is 0.401. The van der Waals surface area contributed by atoms with Gasteiger partial charge in [0.05, 0.1) is 29.1 Å². The van der Waals surface area contributed by atoms with E-state index in [0.717, 1.165) is 22.5 Å². The summed E-state index contributed by atoms with van der Waals surface area (Å²) in [7, 11) is 0. The summed E-state index contributed by atoms with van der Waals surface area (Å²) in [6.07, 6.45) is 5.14. The highest BCUT2D eigenvalue weighted by atomic mass is 15.1. The van der Waals surface area contributed by atoms with Crippen molar-refractivity contribution in [3.63, 3.8) is 0 Å². The maximum atomic E-state index is 5.49. The van der Waals surface area contributed by atoms with Crippen molar-refractivity contribution in [3.05, 3.63) is 48.7 Å². The second kappa shape index (κ2) is 3.95. The van der Waals surface area contributed by atoms with Crippen molar-refractivity contribution in [3.8, 4) is 5.82 Å². The first-order valence-corrected chi connectivity index (χ1v) is 5.32. The third-order valence-electron chi connectivity index (χ3n) is 2.60. The third kappa shape index (κ3) is 1.66. The van der Waals surface area contributed by atoms with Crippen LogP contribution in [0.2, 0.25) is 0 Å². The molecule has 0 amide bonds. The summed E-state index contributed by atoms with van der Waals surface area (Å²) in [5, 5.41) is 0. The van der Waals surface area contributed by atoms with Crippen LogP contribution in [0, 0.1) is 0 Å². The first-order chi connectivity index (χ1) is 8.38. The van der Waals surface area contributed by atoms with Crippen LogP contribution in [0.5, 0.6) is 0 Å². The molecule has 2 aromatic heterocycles. The van der Waals surface area contributed by atoms with Crippen LogP contribution in [-0.4, -0.2) is 19.5 Å². The molecule has 0 fully saturated rings.